The molecule has 1 amide bonds. The molecule has 1 fully saturated rings. The van der Waals surface area contributed by atoms with Crippen LogP contribution in [0, 0.1) is 0 Å². The van der Waals surface area contributed by atoms with E-state index in [1.807, 2.05) is 23.1 Å². The van der Waals surface area contributed by atoms with Crippen LogP contribution in [0.15, 0.2) is 29.8 Å². The van der Waals surface area contributed by atoms with Gasteiger partial charge in [0.05, 0.1) is 0 Å². The highest BCUT2D eigenvalue weighted by Gasteiger charge is 2.23. The van der Waals surface area contributed by atoms with Crippen LogP contribution in [0.5, 0.6) is 0 Å². The van der Waals surface area contributed by atoms with Gasteiger partial charge in [-0.25, -0.2) is 0 Å². The number of hydrogen-bond donors (Lipinski definition) is 0. The van der Waals surface area contributed by atoms with E-state index in [-0.39, 0.29) is 18.0 Å². The van der Waals surface area contributed by atoms with Crippen LogP contribution in [0.1, 0.15) is 82.1 Å². The van der Waals surface area contributed by atoms with Gasteiger partial charge in [0.25, 0.3) is 5.91 Å². The fraction of sp³-hybridized carbons (Fsp3) is 0.571. The summed E-state index contributed by atoms with van der Waals surface area (Å²) in [6.07, 6.45) is 9.88. The highest BCUT2D eigenvalue weighted by molar-refractivity contribution is 5.98. The van der Waals surface area contributed by atoms with Crippen molar-refractivity contribution in [3.8, 4) is 0 Å². The Labute approximate surface area is 141 Å². The summed E-state index contributed by atoms with van der Waals surface area (Å²) in [5.41, 5.74) is 3.43. The number of nitrogens with zero attached hydrogens (tertiary/aromatic N) is 1. The number of benzene rings is 1. The lowest BCUT2D eigenvalue weighted by atomic mass is 9.99. The van der Waals surface area contributed by atoms with Gasteiger partial charge in [-0.3, -0.25) is 4.79 Å². The van der Waals surface area contributed by atoms with E-state index in [4.69, 9.17) is 0 Å². The van der Waals surface area contributed by atoms with Crippen molar-refractivity contribution >= 4 is 12.0 Å². The third-order valence-corrected chi connectivity index (χ3v) is 4.64. The number of allylic oxidation sites excluding steroid dienone is 1. The molecule has 1 aliphatic carbocycles. The Morgan fingerprint density at radius 2 is 1.52 bits per heavy atom. The van der Waals surface area contributed by atoms with Gasteiger partial charge in [-0.1, -0.05) is 42.7 Å². The fourth-order valence-corrected chi connectivity index (χ4v) is 3.57. The Morgan fingerprint density at radius 3 is 2.09 bits per heavy atom. The molecular weight excluding hydrogens is 282 g/mol. The van der Waals surface area contributed by atoms with Gasteiger partial charge in [0.15, 0.2) is 0 Å². The van der Waals surface area contributed by atoms with Crippen molar-refractivity contribution in [1.82, 2.24) is 4.90 Å². The maximum absolute atomic E-state index is 13.1. The molecule has 1 saturated carbocycles. The number of rotatable bonds is 4. The second-order valence-corrected chi connectivity index (χ2v) is 7.20. The zero-order chi connectivity index (χ0) is 16.8. The third kappa shape index (κ3) is 4.70. The highest BCUT2D eigenvalue weighted by Crippen LogP contribution is 2.26. The number of carbonyl (C=O) groups is 1. The number of carbonyl (C=O) groups excluding carboxylic acids is 1. The summed E-state index contributed by atoms with van der Waals surface area (Å²) in [6.45, 7) is 8.35. The number of hydrogen-bond acceptors (Lipinski definition) is 1. The molecule has 0 aliphatic heterocycles. The van der Waals surface area contributed by atoms with E-state index in [2.05, 4.69) is 39.8 Å². The number of amides is 1. The van der Waals surface area contributed by atoms with E-state index in [1.165, 1.54) is 44.1 Å². The first-order chi connectivity index (χ1) is 11.0. The normalized spacial score (nSPS) is 15.7. The molecule has 1 aromatic rings. The van der Waals surface area contributed by atoms with E-state index < -0.39 is 0 Å². The summed E-state index contributed by atoms with van der Waals surface area (Å²) in [4.78, 5) is 15.0. The van der Waals surface area contributed by atoms with Crippen LogP contribution in [0.3, 0.4) is 0 Å². The average molecular weight is 313 g/mol. The van der Waals surface area contributed by atoms with E-state index in [0.717, 1.165) is 11.1 Å². The first-order valence-corrected chi connectivity index (χ1v) is 9.12. The molecule has 0 atom stereocenters. The maximum atomic E-state index is 13.1. The minimum atomic E-state index is 0.149. The molecule has 1 aromatic carbocycles. The maximum Gasteiger partial charge on any atom is 0.254 e. The molecule has 0 N–H and O–H groups in total. The molecule has 0 heterocycles. The molecule has 2 heteroatoms. The van der Waals surface area contributed by atoms with E-state index >= 15 is 0 Å². The molecule has 126 valence electrons. The van der Waals surface area contributed by atoms with Crippen LogP contribution in [0.25, 0.3) is 6.08 Å². The largest absolute Gasteiger partial charge is 0.334 e. The van der Waals surface area contributed by atoms with Crippen LogP contribution in [0.2, 0.25) is 0 Å². The first-order valence-electron chi connectivity index (χ1n) is 9.12. The highest BCUT2D eigenvalue weighted by atomic mass is 16.2. The van der Waals surface area contributed by atoms with Gasteiger partial charge in [-0.05, 0) is 65.0 Å². The Kier molecular flexibility index (Phi) is 6.44. The van der Waals surface area contributed by atoms with Crippen LogP contribution < -0.4 is 0 Å². The molecule has 2 nitrogen and oxygen atoms in total. The minimum Gasteiger partial charge on any atom is -0.334 e. The van der Waals surface area contributed by atoms with Gasteiger partial charge < -0.3 is 4.90 Å². The molecule has 0 unspecified atom stereocenters. The lowest BCUT2D eigenvalue weighted by Crippen LogP contribution is -2.42. The van der Waals surface area contributed by atoms with E-state index in [0.29, 0.717) is 0 Å². The summed E-state index contributed by atoms with van der Waals surface area (Å²) < 4.78 is 0. The summed E-state index contributed by atoms with van der Waals surface area (Å²) in [6, 6.07) is 8.49. The molecule has 0 aromatic heterocycles. The van der Waals surface area contributed by atoms with Crippen molar-refractivity contribution < 1.29 is 4.79 Å². The molecule has 0 bridgehead atoms. The van der Waals surface area contributed by atoms with Crippen molar-refractivity contribution in [1.29, 1.82) is 0 Å². The predicted molar refractivity (Wildman–Crippen MR) is 98.6 cm³/mol. The Bertz CT molecular complexity index is 539. The monoisotopic (exact) mass is 313 g/mol. The van der Waals surface area contributed by atoms with Crippen LogP contribution in [-0.2, 0) is 0 Å². The quantitative estimate of drug-likeness (QED) is 0.654. The van der Waals surface area contributed by atoms with E-state index in [1.54, 1.807) is 0 Å². The van der Waals surface area contributed by atoms with Gasteiger partial charge in [-0.15, -0.1) is 0 Å². The lowest BCUT2D eigenvalue weighted by Gasteiger charge is -2.31. The topological polar surface area (TPSA) is 20.3 Å². The van der Waals surface area contributed by atoms with Crippen LogP contribution in [0.4, 0.5) is 0 Å². The lowest BCUT2D eigenvalue weighted by molar-refractivity contribution is 0.0643. The van der Waals surface area contributed by atoms with Crippen molar-refractivity contribution in [2.24, 2.45) is 0 Å². The standard InChI is InChI=1S/C21H31NO/c1-16(2)22(17(3)4)21(23)20-14-10-9-13-19(20)15-18-11-7-5-6-8-12-18/h9-10,13-17H,5-8,11-12H2,1-4H3. The van der Waals surface area contributed by atoms with Crippen LogP contribution >= 0.6 is 0 Å². The Morgan fingerprint density at radius 1 is 0.957 bits per heavy atom. The molecule has 23 heavy (non-hydrogen) atoms. The second-order valence-electron chi connectivity index (χ2n) is 7.20. The molecular formula is C21H31NO. The minimum absolute atomic E-state index is 0.149. The summed E-state index contributed by atoms with van der Waals surface area (Å²) in [5.74, 6) is 0.149. The molecule has 1 aliphatic rings. The molecule has 0 saturated heterocycles. The summed E-state index contributed by atoms with van der Waals surface area (Å²) >= 11 is 0. The fourth-order valence-electron chi connectivity index (χ4n) is 3.57. The first kappa shape index (κ1) is 17.8. The SMILES string of the molecule is CC(C)N(C(=O)c1ccccc1C=C1CCCCCC1)C(C)C. The molecule has 0 spiro atoms. The van der Waals surface area contributed by atoms with Crippen LogP contribution in [-0.4, -0.2) is 22.9 Å². The van der Waals surface area contributed by atoms with Crippen molar-refractivity contribution in [2.45, 2.75) is 78.3 Å². The summed E-state index contributed by atoms with van der Waals surface area (Å²) in [5, 5.41) is 0. The Hall–Kier alpha value is -1.57. The molecule has 0 radical (unpaired) electrons. The van der Waals surface area contributed by atoms with Crippen molar-refractivity contribution in [3.63, 3.8) is 0 Å². The smallest absolute Gasteiger partial charge is 0.254 e. The zero-order valence-corrected chi connectivity index (χ0v) is 15.1. The van der Waals surface area contributed by atoms with Gasteiger partial charge in [-0.2, -0.15) is 0 Å². The Balaban J connectivity index is 2.33. The zero-order valence-electron chi connectivity index (χ0n) is 15.1. The van der Waals surface area contributed by atoms with Gasteiger partial charge in [0.2, 0.25) is 0 Å². The second kappa shape index (κ2) is 8.33. The molecule has 2 rings (SSSR count). The van der Waals surface area contributed by atoms with Gasteiger partial charge in [0.1, 0.15) is 0 Å². The third-order valence-electron chi connectivity index (χ3n) is 4.64. The average Bonchev–Trinajstić information content (AvgIpc) is 2.75. The summed E-state index contributed by atoms with van der Waals surface area (Å²) in [7, 11) is 0. The van der Waals surface area contributed by atoms with Crippen molar-refractivity contribution in [3.05, 3.63) is 41.0 Å². The van der Waals surface area contributed by atoms with Crippen molar-refractivity contribution in [2.75, 3.05) is 0 Å². The van der Waals surface area contributed by atoms with Gasteiger partial charge >= 0.3 is 0 Å². The van der Waals surface area contributed by atoms with Gasteiger partial charge in [0, 0.05) is 17.6 Å². The predicted octanol–water partition coefficient (Wildman–Crippen LogP) is 5.68. The van der Waals surface area contributed by atoms with E-state index in [9.17, 15) is 4.79 Å².